The van der Waals surface area contributed by atoms with Crippen LogP contribution in [-0.2, 0) is 0 Å². The van der Waals surface area contributed by atoms with E-state index in [9.17, 15) is 0 Å². The number of aromatic nitrogens is 1. The topological polar surface area (TPSA) is 50.9 Å². The number of hydrogen-bond donors (Lipinski definition) is 2. The summed E-state index contributed by atoms with van der Waals surface area (Å²) in [6, 6.07) is 14.5. The molecule has 19 heavy (non-hydrogen) atoms. The normalized spacial score (nSPS) is 12.7. The molecule has 0 spiro atoms. The molecule has 0 aliphatic carbocycles. The number of nitrogens with zero attached hydrogens (tertiary/aromatic N) is 1. The Morgan fingerprint density at radius 3 is 2.84 bits per heavy atom. The van der Waals surface area contributed by atoms with Gasteiger partial charge in [0.05, 0.1) is 11.6 Å². The number of hydrazine groups is 1. The molecule has 2 aromatic heterocycles. The molecular formula is C15H15N3S. The molecule has 2 heterocycles. The third-order valence-electron chi connectivity index (χ3n) is 3.17. The van der Waals surface area contributed by atoms with Crippen LogP contribution in [0.3, 0.4) is 0 Å². The number of thiophene rings is 1. The fraction of sp³-hybridized carbons (Fsp3) is 0.133. The number of nitrogens with one attached hydrogen (secondary N) is 1. The van der Waals surface area contributed by atoms with E-state index in [1.807, 2.05) is 18.3 Å². The number of nitrogens with two attached hydrogens (primary N) is 1. The molecule has 1 aromatic carbocycles. The predicted octanol–water partition coefficient (Wildman–Crippen LogP) is 3.16. The van der Waals surface area contributed by atoms with Crippen LogP contribution in [0.15, 0.2) is 48.7 Å². The van der Waals surface area contributed by atoms with Gasteiger partial charge in [0.15, 0.2) is 0 Å². The molecule has 1 atom stereocenters. The molecule has 96 valence electrons. The summed E-state index contributed by atoms with van der Waals surface area (Å²) in [6.45, 7) is 2.10. The molecule has 3 N–H and O–H groups in total. The van der Waals surface area contributed by atoms with Crippen molar-refractivity contribution in [1.82, 2.24) is 10.4 Å². The summed E-state index contributed by atoms with van der Waals surface area (Å²) >= 11 is 1.76. The van der Waals surface area contributed by atoms with Crippen LogP contribution in [0.1, 0.15) is 21.4 Å². The van der Waals surface area contributed by atoms with Crippen molar-refractivity contribution in [3.8, 4) is 0 Å². The van der Waals surface area contributed by atoms with Gasteiger partial charge in [-0.3, -0.25) is 10.8 Å². The van der Waals surface area contributed by atoms with Crippen molar-refractivity contribution in [2.45, 2.75) is 13.0 Å². The molecule has 3 rings (SSSR count). The molecule has 3 nitrogen and oxygen atoms in total. The van der Waals surface area contributed by atoms with E-state index >= 15 is 0 Å². The highest BCUT2D eigenvalue weighted by Crippen LogP contribution is 2.29. The molecule has 0 fully saturated rings. The van der Waals surface area contributed by atoms with E-state index in [1.54, 1.807) is 11.3 Å². The second-order valence-electron chi connectivity index (χ2n) is 4.50. The van der Waals surface area contributed by atoms with Gasteiger partial charge < -0.3 is 0 Å². The van der Waals surface area contributed by atoms with E-state index in [4.69, 9.17) is 5.84 Å². The van der Waals surface area contributed by atoms with Crippen molar-refractivity contribution in [2.24, 2.45) is 5.84 Å². The fourth-order valence-corrected chi connectivity index (χ4v) is 3.19. The van der Waals surface area contributed by atoms with Crippen LogP contribution < -0.4 is 11.3 Å². The van der Waals surface area contributed by atoms with Crippen molar-refractivity contribution in [1.29, 1.82) is 0 Å². The number of hydrogen-bond acceptors (Lipinski definition) is 4. The highest BCUT2D eigenvalue weighted by molar-refractivity contribution is 7.12. The summed E-state index contributed by atoms with van der Waals surface area (Å²) in [7, 11) is 0. The summed E-state index contributed by atoms with van der Waals surface area (Å²) in [5.74, 6) is 5.73. The number of aryl methyl sites for hydroxylation is 1. The maximum absolute atomic E-state index is 5.73. The fourth-order valence-electron chi connectivity index (χ4n) is 2.22. The number of pyridine rings is 1. The zero-order valence-corrected chi connectivity index (χ0v) is 11.4. The summed E-state index contributed by atoms with van der Waals surface area (Å²) in [6.07, 6.45) is 1.81. The van der Waals surface area contributed by atoms with E-state index in [-0.39, 0.29) is 6.04 Å². The molecule has 0 saturated carbocycles. The van der Waals surface area contributed by atoms with Gasteiger partial charge in [-0.1, -0.05) is 12.1 Å². The van der Waals surface area contributed by atoms with E-state index in [0.717, 1.165) is 16.5 Å². The molecule has 0 bridgehead atoms. The highest BCUT2D eigenvalue weighted by Gasteiger charge is 2.14. The smallest absolute Gasteiger partial charge is 0.0802 e. The predicted molar refractivity (Wildman–Crippen MR) is 80.0 cm³/mol. The van der Waals surface area contributed by atoms with Crippen LogP contribution in [0.2, 0.25) is 0 Å². The molecule has 0 aliphatic rings. The van der Waals surface area contributed by atoms with Crippen molar-refractivity contribution in [2.75, 3.05) is 0 Å². The SMILES string of the molecule is Cc1ccc(C(NN)c2ccc3ncccc3c2)s1. The van der Waals surface area contributed by atoms with Gasteiger partial charge in [-0.25, -0.2) is 5.43 Å². The molecule has 0 amide bonds. The second-order valence-corrected chi connectivity index (χ2v) is 5.82. The molecule has 4 heteroatoms. The van der Waals surface area contributed by atoms with Crippen molar-refractivity contribution < 1.29 is 0 Å². The van der Waals surface area contributed by atoms with Crippen LogP contribution in [-0.4, -0.2) is 4.98 Å². The Morgan fingerprint density at radius 1 is 1.21 bits per heavy atom. The number of fused-ring (bicyclic) bond motifs is 1. The minimum Gasteiger partial charge on any atom is -0.271 e. The van der Waals surface area contributed by atoms with Gasteiger partial charge in [0.2, 0.25) is 0 Å². The van der Waals surface area contributed by atoms with Crippen LogP contribution >= 0.6 is 11.3 Å². The lowest BCUT2D eigenvalue weighted by Crippen LogP contribution is -2.28. The first-order valence-electron chi connectivity index (χ1n) is 6.15. The van der Waals surface area contributed by atoms with Gasteiger partial charge in [-0.05, 0) is 42.8 Å². The maximum Gasteiger partial charge on any atom is 0.0802 e. The van der Waals surface area contributed by atoms with Gasteiger partial charge in [0, 0.05) is 21.3 Å². The summed E-state index contributed by atoms with van der Waals surface area (Å²) < 4.78 is 0. The average molecular weight is 269 g/mol. The average Bonchev–Trinajstić information content (AvgIpc) is 2.86. The molecule has 0 aliphatic heterocycles. The van der Waals surface area contributed by atoms with Crippen molar-refractivity contribution in [3.63, 3.8) is 0 Å². The Bertz CT molecular complexity index is 705. The van der Waals surface area contributed by atoms with E-state index in [2.05, 4.69) is 47.7 Å². The number of benzene rings is 1. The third kappa shape index (κ3) is 2.38. The maximum atomic E-state index is 5.73. The third-order valence-corrected chi connectivity index (χ3v) is 4.24. The van der Waals surface area contributed by atoms with Crippen LogP contribution in [0.4, 0.5) is 0 Å². The second kappa shape index (κ2) is 5.09. The Morgan fingerprint density at radius 2 is 2.11 bits per heavy atom. The standard InChI is InChI=1S/C15H15N3S/c1-10-4-7-14(19-10)15(18-16)12-5-6-13-11(9-12)3-2-8-17-13/h2-9,15,18H,16H2,1H3. The minimum absolute atomic E-state index is 0.0308. The van der Waals surface area contributed by atoms with Crippen molar-refractivity contribution >= 4 is 22.2 Å². The molecular weight excluding hydrogens is 254 g/mol. The Labute approximate surface area is 116 Å². The van der Waals surface area contributed by atoms with Crippen molar-refractivity contribution in [3.05, 3.63) is 64.0 Å². The van der Waals surface area contributed by atoms with Gasteiger partial charge in [0.1, 0.15) is 0 Å². The zero-order chi connectivity index (χ0) is 13.2. The largest absolute Gasteiger partial charge is 0.271 e. The van der Waals surface area contributed by atoms with Gasteiger partial charge >= 0.3 is 0 Å². The van der Waals surface area contributed by atoms with E-state index in [1.165, 1.54) is 9.75 Å². The first-order valence-corrected chi connectivity index (χ1v) is 6.97. The lowest BCUT2D eigenvalue weighted by Gasteiger charge is -2.15. The molecule has 1 unspecified atom stereocenters. The molecule has 3 aromatic rings. The van der Waals surface area contributed by atoms with Gasteiger partial charge in [-0.2, -0.15) is 0 Å². The Kier molecular flexibility index (Phi) is 3.29. The van der Waals surface area contributed by atoms with E-state index < -0.39 is 0 Å². The zero-order valence-electron chi connectivity index (χ0n) is 10.6. The highest BCUT2D eigenvalue weighted by atomic mass is 32.1. The van der Waals surface area contributed by atoms with Gasteiger partial charge in [-0.15, -0.1) is 11.3 Å². The van der Waals surface area contributed by atoms with Crippen LogP contribution in [0.25, 0.3) is 10.9 Å². The monoisotopic (exact) mass is 269 g/mol. The first kappa shape index (κ1) is 12.3. The summed E-state index contributed by atoms with van der Waals surface area (Å²) in [5.41, 5.74) is 5.06. The first-order chi connectivity index (χ1) is 9.28. The lowest BCUT2D eigenvalue weighted by molar-refractivity contribution is 0.647. The van der Waals surface area contributed by atoms with E-state index in [0.29, 0.717) is 0 Å². The van der Waals surface area contributed by atoms with Crippen LogP contribution in [0, 0.1) is 6.92 Å². The van der Waals surface area contributed by atoms with Crippen LogP contribution in [0.5, 0.6) is 0 Å². The molecule has 0 saturated heterocycles. The molecule has 0 radical (unpaired) electrons. The Balaban J connectivity index is 2.06. The Hall–Kier alpha value is -1.75. The quantitative estimate of drug-likeness (QED) is 0.567. The minimum atomic E-state index is 0.0308. The lowest BCUT2D eigenvalue weighted by atomic mass is 10.0. The van der Waals surface area contributed by atoms with Gasteiger partial charge in [0.25, 0.3) is 0 Å². The number of rotatable bonds is 3. The summed E-state index contributed by atoms with van der Waals surface area (Å²) in [4.78, 5) is 6.85. The summed E-state index contributed by atoms with van der Waals surface area (Å²) in [5, 5.41) is 1.13.